The summed E-state index contributed by atoms with van der Waals surface area (Å²) in [6.45, 7) is 0. The maximum atomic E-state index is 5.26. The van der Waals surface area contributed by atoms with E-state index < -0.39 is 0 Å². The van der Waals surface area contributed by atoms with E-state index in [4.69, 9.17) is 15.0 Å². The molecular formula is C43H27N3. The Bertz CT molecular complexity index is 2570. The number of nitrogens with zero attached hydrogens (tertiary/aromatic N) is 3. The molecule has 0 radical (unpaired) electrons. The average Bonchev–Trinajstić information content (AvgIpc) is 3.14. The lowest BCUT2D eigenvalue weighted by Gasteiger charge is -2.14. The van der Waals surface area contributed by atoms with Gasteiger partial charge in [0.05, 0.1) is 17.1 Å². The molecule has 7 aromatic carbocycles. The van der Waals surface area contributed by atoms with Crippen molar-refractivity contribution < 1.29 is 0 Å². The van der Waals surface area contributed by atoms with Crippen LogP contribution < -0.4 is 0 Å². The molecule has 9 rings (SSSR count). The maximum Gasteiger partial charge on any atom is 0.160 e. The smallest absolute Gasteiger partial charge is 0.160 e. The van der Waals surface area contributed by atoms with Crippen molar-refractivity contribution in [3.63, 3.8) is 0 Å². The quantitative estimate of drug-likeness (QED) is 0.193. The molecule has 0 bridgehead atoms. The second-order valence-electron chi connectivity index (χ2n) is 11.6. The summed E-state index contributed by atoms with van der Waals surface area (Å²) in [7, 11) is 0. The number of fused-ring (bicyclic) bond motifs is 5. The van der Waals surface area contributed by atoms with E-state index in [-0.39, 0.29) is 0 Å². The molecule has 0 atom stereocenters. The Labute approximate surface area is 266 Å². The van der Waals surface area contributed by atoms with Crippen LogP contribution in [0.25, 0.3) is 88.2 Å². The van der Waals surface area contributed by atoms with Crippen LogP contribution in [-0.2, 0) is 0 Å². The van der Waals surface area contributed by atoms with E-state index in [0.717, 1.165) is 44.7 Å². The second kappa shape index (κ2) is 10.8. The Balaban J connectivity index is 1.27. The van der Waals surface area contributed by atoms with Gasteiger partial charge in [-0.2, -0.15) is 0 Å². The highest BCUT2D eigenvalue weighted by atomic mass is 14.9. The zero-order valence-corrected chi connectivity index (χ0v) is 24.9. The van der Waals surface area contributed by atoms with E-state index in [1.54, 1.807) is 0 Å². The van der Waals surface area contributed by atoms with Gasteiger partial charge in [0.15, 0.2) is 5.82 Å². The lowest BCUT2D eigenvalue weighted by atomic mass is 9.94. The average molecular weight is 586 g/mol. The summed E-state index contributed by atoms with van der Waals surface area (Å²) in [5.74, 6) is 0.690. The number of benzene rings is 7. The highest BCUT2D eigenvalue weighted by Crippen LogP contribution is 2.38. The van der Waals surface area contributed by atoms with E-state index >= 15 is 0 Å². The van der Waals surface area contributed by atoms with Gasteiger partial charge >= 0.3 is 0 Å². The van der Waals surface area contributed by atoms with Gasteiger partial charge in [0.2, 0.25) is 0 Å². The Morgan fingerprint density at radius 2 is 0.913 bits per heavy atom. The van der Waals surface area contributed by atoms with Gasteiger partial charge in [-0.1, -0.05) is 140 Å². The number of hydrogen-bond donors (Lipinski definition) is 0. The van der Waals surface area contributed by atoms with Crippen molar-refractivity contribution in [2.24, 2.45) is 0 Å². The maximum absolute atomic E-state index is 5.26. The Morgan fingerprint density at radius 3 is 1.70 bits per heavy atom. The van der Waals surface area contributed by atoms with Gasteiger partial charge in [0, 0.05) is 33.8 Å². The summed E-state index contributed by atoms with van der Waals surface area (Å²) >= 11 is 0. The van der Waals surface area contributed by atoms with Crippen molar-refractivity contribution in [3.05, 3.63) is 164 Å². The van der Waals surface area contributed by atoms with Crippen LogP contribution >= 0.6 is 0 Å². The van der Waals surface area contributed by atoms with Gasteiger partial charge in [0.25, 0.3) is 0 Å². The molecule has 2 aromatic heterocycles. The zero-order valence-electron chi connectivity index (χ0n) is 24.9. The fourth-order valence-corrected chi connectivity index (χ4v) is 6.69. The summed E-state index contributed by atoms with van der Waals surface area (Å²) in [5, 5.41) is 9.48. The largest absolute Gasteiger partial charge is 0.256 e. The molecule has 3 nitrogen and oxygen atoms in total. The summed E-state index contributed by atoms with van der Waals surface area (Å²) in [6, 6.07) is 55.4. The van der Waals surface area contributed by atoms with Gasteiger partial charge < -0.3 is 0 Å². The van der Waals surface area contributed by atoms with E-state index in [0.29, 0.717) is 5.82 Å². The van der Waals surface area contributed by atoms with Crippen LogP contribution in [0.1, 0.15) is 0 Å². The summed E-state index contributed by atoms with van der Waals surface area (Å²) in [5.41, 5.74) is 6.96. The van der Waals surface area contributed by atoms with E-state index in [1.165, 1.54) is 37.7 Å². The third kappa shape index (κ3) is 4.41. The molecule has 9 aromatic rings. The predicted molar refractivity (Wildman–Crippen MR) is 192 cm³/mol. The van der Waals surface area contributed by atoms with Gasteiger partial charge in [-0.05, 0) is 55.9 Å². The van der Waals surface area contributed by atoms with E-state index in [9.17, 15) is 0 Å². The van der Waals surface area contributed by atoms with Crippen LogP contribution in [0.3, 0.4) is 0 Å². The fourth-order valence-electron chi connectivity index (χ4n) is 6.69. The molecule has 0 unspecified atom stereocenters. The van der Waals surface area contributed by atoms with Gasteiger partial charge in [-0.25, -0.2) is 9.97 Å². The SMILES string of the molecule is c1ccc2c(-c3cc(-c4cc5ccccc5c5ccccc45)nc(-c4ccc(-c5nccc6ccccc56)cc4)n3)cccc2c1. The number of pyridine rings is 1. The van der Waals surface area contributed by atoms with Crippen LogP contribution in [0.5, 0.6) is 0 Å². The van der Waals surface area contributed by atoms with Crippen molar-refractivity contribution >= 4 is 43.1 Å². The zero-order chi connectivity index (χ0) is 30.5. The molecule has 0 amide bonds. The minimum atomic E-state index is 0.690. The third-order valence-corrected chi connectivity index (χ3v) is 8.93. The van der Waals surface area contributed by atoms with Crippen molar-refractivity contribution in [3.8, 4) is 45.2 Å². The third-order valence-electron chi connectivity index (χ3n) is 8.93. The molecule has 2 heterocycles. The number of rotatable bonds is 4. The first-order chi connectivity index (χ1) is 22.8. The second-order valence-corrected chi connectivity index (χ2v) is 11.6. The molecule has 0 aliphatic heterocycles. The van der Waals surface area contributed by atoms with Crippen molar-refractivity contribution in [2.75, 3.05) is 0 Å². The highest BCUT2D eigenvalue weighted by molar-refractivity contribution is 6.13. The molecule has 0 aliphatic carbocycles. The molecule has 0 N–H and O–H groups in total. The molecule has 0 saturated heterocycles. The van der Waals surface area contributed by atoms with E-state index in [1.807, 2.05) is 6.20 Å². The topological polar surface area (TPSA) is 38.7 Å². The number of aromatic nitrogens is 3. The lowest BCUT2D eigenvalue weighted by Crippen LogP contribution is -1.97. The van der Waals surface area contributed by atoms with Crippen LogP contribution in [0.4, 0.5) is 0 Å². The monoisotopic (exact) mass is 585 g/mol. The molecule has 0 saturated carbocycles. The minimum Gasteiger partial charge on any atom is -0.256 e. The highest BCUT2D eigenvalue weighted by Gasteiger charge is 2.16. The van der Waals surface area contributed by atoms with Crippen LogP contribution in [-0.4, -0.2) is 15.0 Å². The summed E-state index contributed by atoms with van der Waals surface area (Å²) < 4.78 is 0. The molecular weight excluding hydrogens is 558 g/mol. The van der Waals surface area contributed by atoms with Gasteiger partial charge in [-0.3, -0.25) is 4.98 Å². The van der Waals surface area contributed by atoms with Crippen LogP contribution in [0.2, 0.25) is 0 Å². The first-order valence-corrected chi connectivity index (χ1v) is 15.5. The molecule has 0 spiro atoms. The molecule has 3 heteroatoms. The molecule has 214 valence electrons. The van der Waals surface area contributed by atoms with Crippen LogP contribution in [0, 0.1) is 0 Å². The Morgan fingerprint density at radius 1 is 0.348 bits per heavy atom. The fraction of sp³-hybridized carbons (Fsp3) is 0. The predicted octanol–water partition coefficient (Wildman–Crippen LogP) is 11.2. The first-order valence-electron chi connectivity index (χ1n) is 15.5. The standard InChI is InChI=1S/C43H27N3/c1-4-14-33-28(10-1)13-9-19-38(33)40-27-41(39-26-32-12-3-5-15-34(32)36-17-7-8-18-37(36)39)46-43(45-40)31-22-20-30(21-23-31)42-35-16-6-2-11-29(35)24-25-44-42/h1-27H. The summed E-state index contributed by atoms with van der Waals surface area (Å²) in [6.07, 6.45) is 1.88. The Kier molecular flexibility index (Phi) is 6.14. The van der Waals surface area contributed by atoms with Gasteiger partial charge in [0.1, 0.15) is 0 Å². The summed E-state index contributed by atoms with van der Waals surface area (Å²) in [4.78, 5) is 15.2. The van der Waals surface area contributed by atoms with Crippen LogP contribution in [0.15, 0.2) is 164 Å². The molecule has 0 fully saturated rings. The number of hydrogen-bond acceptors (Lipinski definition) is 3. The van der Waals surface area contributed by atoms with Gasteiger partial charge in [-0.15, -0.1) is 0 Å². The van der Waals surface area contributed by atoms with Crippen molar-refractivity contribution in [1.82, 2.24) is 15.0 Å². The Hall–Kier alpha value is -6.19. The van der Waals surface area contributed by atoms with Crippen molar-refractivity contribution in [1.29, 1.82) is 0 Å². The normalized spacial score (nSPS) is 11.5. The first kappa shape index (κ1) is 26.2. The van der Waals surface area contributed by atoms with E-state index in [2.05, 4.69) is 158 Å². The molecule has 46 heavy (non-hydrogen) atoms. The molecule has 0 aliphatic rings. The minimum absolute atomic E-state index is 0.690. The lowest BCUT2D eigenvalue weighted by molar-refractivity contribution is 1.19. The van der Waals surface area contributed by atoms with Crippen molar-refractivity contribution in [2.45, 2.75) is 0 Å².